The van der Waals surface area contributed by atoms with Gasteiger partial charge in [-0.3, -0.25) is 0 Å². The van der Waals surface area contributed by atoms with Crippen molar-refractivity contribution >= 4 is 16.9 Å². The molecule has 1 fully saturated rings. The number of anilines is 1. The zero-order valence-electron chi connectivity index (χ0n) is 10.4. The first-order valence-corrected chi connectivity index (χ1v) is 5.93. The summed E-state index contributed by atoms with van der Waals surface area (Å²) in [5, 5.41) is 8.56. The van der Waals surface area contributed by atoms with Crippen LogP contribution in [0.25, 0.3) is 11.0 Å². The minimum atomic E-state index is 0.399. The maximum atomic E-state index is 5.81. The first-order valence-electron chi connectivity index (χ1n) is 5.93. The summed E-state index contributed by atoms with van der Waals surface area (Å²) in [6, 6.07) is 0.399. The molecule has 3 N–H and O–H groups in total. The fourth-order valence-corrected chi connectivity index (χ4v) is 1.87. The number of nitrogens with two attached hydrogens (primary N) is 1. The Morgan fingerprint density at radius 3 is 2.65 bits per heavy atom. The van der Waals surface area contributed by atoms with Crippen LogP contribution in [-0.2, 0) is 0 Å². The van der Waals surface area contributed by atoms with E-state index in [0.29, 0.717) is 11.9 Å². The average molecular weight is 234 g/mol. The van der Waals surface area contributed by atoms with Crippen molar-refractivity contribution in [3.63, 3.8) is 0 Å². The molecule has 3 rings (SSSR count). The lowest BCUT2D eigenvalue weighted by molar-refractivity contribution is 0.324. The van der Waals surface area contributed by atoms with Gasteiger partial charge in [-0.15, -0.1) is 0 Å². The molecule has 2 aromatic rings. The Bertz CT molecular complexity index is 514. The number of nitrogens with zero attached hydrogens (tertiary/aromatic N) is 4. The lowest BCUT2D eigenvalue weighted by Gasteiger charge is -2.27. The molecule has 1 saturated heterocycles. The van der Waals surface area contributed by atoms with Crippen molar-refractivity contribution < 1.29 is 0 Å². The summed E-state index contributed by atoms with van der Waals surface area (Å²) >= 11 is 0. The van der Waals surface area contributed by atoms with Gasteiger partial charge < -0.3 is 11.1 Å². The van der Waals surface area contributed by atoms with Crippen LogP contribution in [0, 0.1) is 6.92 Å². The first kappa shape index (κ1) is 11.8. The van der Waals surface area contributed by atoms with Crippen LogP contribution in [-0.4, -0.2) is 32.8 Å². The lowest BCUT2D eigenvalue weighted by Crippen LogP contribution is -2.43. The van der Waals surface area contributed by atoms with Crippen molar-refractivity contribution in [2.75, 3.05) is 18.8 Å². The molecule has 92 valence electrons. The van der Waals surface area contributed by atoms with Gasteiger partial charge in [-0.25, -0.2) is 14.6 Å². The van der Waals surface area contributed by atoms with E-state index in [1.165, 1.54) is 6.33 Å². The number of rotatable bonds is 1. The molecule has 0 bridgehead atoms. The number of fused-ring (bicyclic) bond motifs is 1. The Morgan fingerprint density at radius 2 is 2.06 bits per heavy atom. The van der Waals surface area contributed by atoms with E-state index in [1.54, 1.807) is 0 Å². The molecule has 6 heteroatoms. The summed E-state index contributed by atoms with van der Waals surface area (Å²) in [4.78, 5) is 8.23. The zero-order valence-corrected chi connectivity index (χ0v) is 10.4. The molecule has 0 spiro atoms. The normalized spacial score (nSPS) is 15.2. The smallest absolute Gasteiger partial charge is 0.163 e. The zero-order chi connectivity index (χ0) is 12.4. The summed E-state index contributed by atoms with van der Waals surface area (Å²) in [6.07, 6.45) is 1.49. The molecule has 0 unspecified atom stereocenters. The molecule has 3 heterocycles. The fourth-order valence-electron chi connectivity index (χ4n) is 1.87. The van der Waals surface area contributed by atoms with Gasteiger partial charge in [-0.05, 0) is 6.92 Å². The quantitative estimate of drug-likeness (QED) is 0.765. The lowest BCUT2D eigenvalue weighted by atomic mass is 10.2. The third kappa shape index (κ3) is 1.84. The minimum Gasteiger partial charge on any atom is -0.383 e. The SMILES string of the molecule is CC.Cc1nn(C2CNC2)c2ncnc(N)c12. The van der Waals surface area contributed by atoms with Crippen molar-refractivity contribution in [2.24, 2.45) is 0 Å². The summed E-state index contributed by atoms with van der Waals surface area (Å²) in [6.45, 7) is 7.82. The second-order valence-electron chi connectivity index (χ2n) is 3.80. The highest BCUT2D eigenvalue weighted by Crippen LogP contribution is 2.24. The van der Waals surface area contributed by atoms with E-state index in [-0.39, 0.29) is 0 Å². The summed E-state index contributed by atoms with van der Waals surface area (Å²) in [7, 11) is 0. The minimum absolute atomic E-state index is 0.399. The first-order chi connectivity index (χ1) is 8.27. The number of nitrogens with one attached hydrogen (secondary N) is 1. The Balaban J connectivity index is 0.000000514. The van der Waals surface area contributed by atoms with Crippen LogP contribution in [0.15, 0.2) is 6.33 Å². The van der Waals surface area contributed by atoms with E-state index in [2.05, 4.69) is 20.4 Å². The third-order valence-corrected chi connectivity index (χ3v) is 2.80. The van der Waals surface area contributed by atoms with Crippen molar-refractivity contribution in [3.8, 4) is 0 Å². The van der Waals surface area contributed by atoms with Gasteiger partial charge in [0.05, 0.1) is 17.1 Å². The molecule has 0 atom stereocenters. The molecule has 1 aliphatic rings. The maximum absolute atomic E-state index is 5.81. The highest BCUT2D eigenvalue weighted by atomic mass is 15.4. The van der Waals surface area contributed by atoms with Gasteiger partial charge in [0.25, 0.3) is 0 Å². The van der Waals surface area contributed by atoms with Crippen LogP contribution < -0.4 is 11.1 Å². The van der Waals surface area contributed by atoms with Gasteiger partial charge in [-0.2, -0.15) is 5.10 Å². The standard InChI is InChI=1S/C9H12N6.C2H6/c1-5-7-8(10)12-4-13-9(7)15(14-5)6-2-11-3-6;1-2/h4,6,11H,2-3H2,1H3,(H2,10,12,13);1-2H3. The van der Waals surface area contributed by atoms with Crippen molar-refractivity contribution in [1.82, 2.24) is 25.1 Å². The number of hydrogen-bond acceptors (Lipinski definition) is 5. The monoisotopic (exact) mass is 234 g/mol. The molecule has 6 nitrogen and oxygen atoms in total. The highest BCUT2D eigenvalue weighted by molar-refractivity contribution is 5.87. The van der Waals surface area contributed by atoms with Gasteiger partial charge in [-0.1, -0.05) is 13.8 Å². The van der Waals surface area contributed by atoms with Gasteiger partial charge in [0.1, 0.15) is 12.1 Å². The molecular formula is C11H18N6. The second kappa shape index (κ2) is 4.67. The van der Waals surface area contributed by atoms with Crippen molar-refractivity contribution in [1.29, 1.82) is 0 Å². The number of nitrogen functional groups attached to an aromatic ring is 1. The van der Waals surface area contributed by atoms with Crippen molar-refractivity contribution in [3.05, 3.63) is 12.0 Å². The molecular weight excluding hydrogens is 216 g/mol. The fraction of sp³-hybridized carbons (Fsp3) is 0.545. The van der Waals surface area contributed by atoms with Crippen molar-refractivity contribution in [2.45, 2.75) is 26.8 Å². The molecule has 0 amide bonds. The van der Waals surface area contributed by atoms with Gasteiger partial charge in [0, 0.05) is 13.1 Å². The topological polar surface area (TPSA) is 81.7 Å². The number of hydrogen-bond donors (Lipinski definition) is 2. The molecule has 0 aromatic carbocycles. The third-order valence-electron chi connectivity index (χ3n) is 2.80. The second-order valence-corrected chi connectivity index (χ2v) is 3.80. The van der Waals surface area contributed by atoms with Gasteiger partial charge in [0.15, 0.2) is 5.65 Å². The van der Waals surface area contributed by atoms with Crippen LogP contribution in [0.5, 0.6) is 0 Å². The average Bonchev–Trinajstić information content (AvgIpc) is 2.58. The van der Waals surface area contributed by atoms with Crippen LogP contribution in [0.3, 0.4) is 0 Å². The predicted molar refractivity (Wildman–Crippen MR) is 67.7 cm³/mol. The van der Waals surface area contributed by atoms with E-state index < -0.39 is 0 Å². The maximum Gasteiger partial charge on any atom is 0.163 e. The largest absolute Gasteiger partial charge is 0.383 e. The Morgan fingerprint density at radius 1 is 1.35 bits per heavy atom. The van der Waals surface area contributed by atoms with E-state index in [4.69, 9.17) is 5.73 Å². The summed E-state index contributed by atoms with van der Waals surface area (Å²) in [5.74, 6) is 0.510. The predicted octanol–water partition coefficient (Wildman–Crippen LogP) is 0.887. The summed E-state index contributed by atoms with van der Waals surface area (Å²) in [5.41, 5.74) is 7.55. The van der Waals surface area contributed by atoms with E-state index >= 15 is 0 Å². The van der Waals surface area contributed by atoms with E-state index in [9.17, 15) is 0 Å². The van der Waals surface area contributed by atoms with Crippen LogP contribution >= 0.6 is 0 Å². The Hall–Kier alpha value is -1.69. The van der Waals surface area contributed by atoms with Gasteiger partial charge in [0.2, 0.25) is 0 Å². The van der Waals surface area contributed by atoms with Crippen LogP contribution in [0.1, 0.15) is 25.6 Å². The van der Waals surface area contributed by atoms with Gasteiger partial charge >= 0.3 is 0 Å². The number of aryl methyl sites for hydroxylation is 1. The van der Waals surface area contributed by atoms with Crippen LogP contribution in [0.4, 0.5) is 5.82 Å². The Kier molecular flexibility index (Phi) is 3.23. The van der Waals surface area contributed by atoms with E-state index in [1.807, 2.05) is 25.5 Å². The molecule has 0 saturated carbocycles. The van der Waals surface area contributed by atoms with Crippen LogP contribution in [0.2, 0.25) is 0 Å². The molecule has 2 aromatic heterocycles. The van der Waals surface area contributed by atoms with E-state index in [0.717, 1.165) is 29.8 Å². The highest BCUT2D eigenvalue weighted by Gasteiger charge is 2.23. The molecule has 17 heavy (non-hydrogen) atoms. The molecule has 0 radical (unpaired) electrons. The number of aromatic nitrogens is 4. The Labute approximate surface area is 100 Å². The molecule has 1 aliphatic heterocycles. The summed E-state index contributed by atoms with van der Waals surface area (Å²) < 4.78 is 1.94. The molecule has 0 aliphatic carbocycles.